The molecule has 0 aliphatic carbocycles. The van der Waals surface area contributed by atoms with E-state index in [-0.39, 0.29) is 0 Å². The van der Waals surface area contributed by atoms with Crippen LogP contribution < -0.4 is 10.6 Å². The van der Waals surface area contributed by atoms with Gasteiger partial charge in [0.15, 0.2) is 0 Å². The highest BCUT2D eigenvalue weighted by atomic mass is 31.1. The average Bonchev–Trinajstić information content (AvgIpc) is 2.77. The molecule has 0 heterocycles. The average molecular weight is 404 g/mol. The normalized spacial score (nSPS) is 13.6. The topological polar surface area (TPSA) is 3.24 Å². The highest BCUT2D eigenvalue weighted by Gasteiger charge is 2.28. The summed E-state index contributed by atoms with van der Waals surface area (Å²) in [6.45, 7) is 2.31. The molecule has 3 aromatic rings. The predicted octanol–water partition coefficient (Wildman–Crippen LogP) is 6.37. The third-order valence-corrected chi connectivity index (χ3v) is 8.54. The second-order valence-electron chi connectivity index (χ2n) is 7.96. The van der Waals surface area contributed by atoms with Gasteiger partial charge in [-0.05, 0) is 56.7 Å². The molecule has 3 aromatic carbocycles. The molecule has 0 radical (unpaired) electrons. The van der Waals surface area contributed by atoms with Crippen LogP contribution in [0, 0.1) is 0 Å². The summed E-state index contributed by atoms with van der Waals surface area (Å²) in [5, 5.41) is 3.00. The van der Waals surface area contributed by atoms with Crippen LogP contribution in [0.3, 0.4) is 0 Å². The molecular weight excluding hydrogens is 369 g/mol. The number of benzene rings is 3. The molecule has 0 saturated heterocycles. The standard InChI is InChI=1S/C27H34NP/c1-4-5-17-26(22-27(28(2)3)23-15-9-6-10-16-23)29(24-18-11-7-12-19-24)25-20-13-8-14-21-25/h6-16,18-21,26-27H,4-5,17,22H2,1-3H3/t26-,27?/m0/s1. The van der Waals surface area contributed by atoms with Crippen LogP contribution in [0.15, 0.2) is 91.0 Å². The zero-order chi connectivity index (χ0) is 20.5. The van der Waals surface area contributed by atoms with Crippen molar-refractivity contribution in [2.75, 3.05) is 14.1 Å². The Kier molecular flexibility index (Phi) is 8.47. The first-order valence-electron chi connectivity index (χ1n) is 10.8. The number of nitrogens with zero attached hydrogens (tertiary/aromatic N) is 1. The number of unbranched alkanes of at least 4 members (excludes halogenated alkanes) is 1. The van der Waals surface area contributed by atoms with Crippen molar-refractivity contribution in [1.82, 2.24) is 4.90 Å². The van der Waals surface area contributed by atoms with Gasteiger partial charge >= 0.3 is 0 Å². The van der Waals surface area contributed by atoms with Crippen molar-refractivity contribution in [3.63, 3.8) is 0 Å². The van der Waals surface area contributed by atoms with Crippen molar-refractivity contribution in [3.8, 4) is 0 Å². The van der Waals surface area contributed by atoms with Crippen molar-refractivity contribution in [2.45, 2.75) is 44.3 Å². The summed E-state index contributed by atoms with van der Waals surface area (Å²) in [6, 6.07) is 33.9. The number of rotatable bonds is 10. The van der Waals surface area contributed by atoms with Gasteiger partial charge in [0.25, 0.3) is 0 Å². The summed E-state index contributed by atoms with van der Waals surface area (Å²) in [6.07, 6.45) is 5.01. The summed E-state index contributed by atoms with van der Waals surface area (Å²) in [5.74, 6) is 0. The lowest BCUT2D eigenvalue weighted by atomic mass is 9.99. The van der Waals surface area contributed by atoms with E-state index in [1.807, 2.05) is 0 Å². The maximum absolute atomic E-state index is 2.40. The van der Waals surface area contributed by atoms with Crippen LogP contribution in [0.25, 0.3) is 0 Å². The van der Waals surface area contributed by atoms with Crippen molar-refractivity contribution in [2.24, 2.45) is 0 Å². The van der Waals surface area contributed by atoms with E-state index in [4.69, 9.17) is 0 Å². The van der Waals surface area contributed by atoms with Crippen LogP contribution in [0.5, 0.6) is 0 Å². The van der Waals surface area contributed by atoms with Gasteiger partial charge in [-0.15, -0.1) is 0 Å². The van der Waals surface area contributed by atoms with Crippen molar-refractivity contribution < 1.29 is 0 Å². The van der Waals surface area contributed by atoms with E-state index in [2.05, 4.69) is 117 Å². The summed E-state index contributed by atoms with van der Waals surface area (Å²) >= 11 is 0. The fraction of sp³-hybridized carbons (Fsp3) is 0.333. The van der Waals surface area contributed by atoms with Crippen LogP contribution in [-0.4, -0.2) is 24.7 Å². The molecule has 152 valence electrons. The maximum Gasteiger partial charge on any atom is 0.0348 e. The molecule has 0 spiro atoms. The largest absolute Gasteiger partial charge is 0.302 e. The van der Waals surface area contributed by atoms with Crippen LogP contribution in [0.2, 0.25) is 0 Å². The number of hydrogen-bond donors (Lipinski definition) is 0. The van der Waals surface area contributed by atoms with Gasteiger partial charge in [0.2, 0.25) is 0 Å². The molecule has 0 amide bonds. The Labute approximate surface area is 178 Å². The van der Waals surface area contributed by atoms with E-state index in [9.17, 15) is 0 Å². The molecule has 0 N–H and O–H groups in total. The molecule has 1 nitrogen and oxygen atoms in total. The molecule has 2 atom stereocenters. The van der Waals surface area contributed by atoms with Gasteiger partial charge in [0.1, 0.15) is 0 Å². The SMILES string of the molecule is CCCC[C@@H](CC(c1ccccc1)N(C)C)P(c1ccccc1)c1ccccc1. The molecule has 1 unspecified atom stereocenters. The molecule has 0 saturated carbocycles. The molecule has 29 heavy (non-hydrogen) atoms. The Balaban J connectivity index is 1.99. The van der Waals surface area contributed by atoms with Crippen LogP contribution >= 0.6 is 7.92 Å². The summed E-state index contributed by atoms with van der Waals surface area (Å²) in [4.78, 5) is 2.40. The quantitative estimate of drug-likeness (QED) is 0.356. The Morgan fingerprint density at radius 1 is 0.724 bits per heavy atom. The summed E-state index contributed by atoms with van der Waals surface area (Å²) in [5.41, 5.74) is 2.08. The molecule has 0 aliphatic heterocycles. The lowest BCUT2D eigenvalue weighted by molar-refractivity contribution is 0.279. The highest BCUT2D eigenvalue weighted by molar-refractivity contribution is 7.73. The minimum Gasteiger partial charge on any atom is -0.302 e. The zero-order valence-corrected chi connectivity index (χ0v) is 18.9. The first-order chi connectivity index (χ1) is 14.2. The summed E-state index contributed by atoms with van der Waals surface area (Å²) < 4.78 is 0. The van der Waals surface area contributed by atoms with Crippen molar-refractivity contribution >= 4 is 18.5 Å². The van der Waals surface area contributed by atoms with Crippen LogP contribution in [0.1, 0.15) is 44.2 Å². The van der Waals surface area contributed by atoms with Gasteiger partial charge in [-0.3, -0.25) is 0 Å². The fourth-order valence-corrected chi connectivity index (χ4v) is 7.10. The summed E-state index contributed by atoms with van der Waals surface area (Å²) in [7, 11) is 4.05. The monoisotopic (exact) mass is 403 g/mol. The van der Waals surface area contributed by atoms with Gasteiger partial charge in [0.05, 0.1) is 0 Å². The second kappa shape index (κ2) is 11.3. The van der Waals surface area contributed by atoms with E-state index >= 15 is 0 Å². The predicted molar refractivity (Wildman–Crippen MR) is 130 cm³/mol. The minimum atomic E-state index is -0.400. The molecule has 0 bridgehead atoms. The Bertz CT molecular complexity index is 777. The molecular formula is C27H34NP. The van der Waals surface area contributed by atoms with Crippen LogP contribution in [-0.2, 0) is 0 Å². The number of hydrogen-bond acceptors (Lipinski definition) is 1. The van der Waals surface area contributed by atoms with Gasteiger partial charge < -0.3 is 4.90 Å². The highest BCUT2D eigenvalue weighted by Crippen LogP contribution is 2.46. The van der Waals surface area contributed by atoms with E-state index < -0.39 is 7.92 Å². The Morgan fingerprint density at radius 2 is 1.21 bits per heavy atom. The fourth-order valence-electron chi connectivity index (χ4n) is 4.12. The van der Waals surface area contributed by atoms with Gasteiger partial charge in [0, 0.05) is 6.04 Å². The minimum absolute atomic E-state index is 0.400. The lowest BCUT2D eigenvalue weighted by Crippen LogP contribution is -2.28. The van der Waals surface area contributed by atoms with Gasteiger partial charge in [-0.2, -0.15) is 0 Å². The van der Waals surface area contributed by atoms with E-state index in [1.165, 1.54) is 41.9 Å². The van der Waals surface area contributed by atoms with E-state index in [0.29, 0.717) is 11.7 Å². The van der Waals surface area contributed by atoms with E-state index in [0.717, 1.165) is 0 Å². The Hall–Kier alpha value is -1.95. The second-order valence-corrected chi connectivity index (χ2v) is 10.5. The third kappa shape index (κ3) is 6.01. The molecule has 3 rings (SSSR count). The van der Waals surface area contributed by atoms with E-state index in [1.54, 1.807) is 0 Å². The molecule has 0 aromatic heterocycles. The van der Waals surface area contributed by atoms with Gasteiger partial charge in [-0.25, -0.2) is 0 Å². The van der Waals surface area contributed by atoms with Crippen molar-refractivity contribution in [3.05, 3.63) is 96.6 Å². The first kappa shape index (κ1) is 21.8. The first-order valence-corrected chi connectivity index (χ1v) is 12.2. The Morgan fingerprint density at radius 3 is 1.66 bits per heavy atom. The smallest absolute Gasteiger partial charge is 0.0348 e. The molecule has 2 heteroatoms. The maximum atomic E-state index is 2.40. The zero-order valence-electron chi connectivity index (χ0n) is 18.0. The molecule has 0 aliphatic rings. The lowest BCUT2D eigenvalue weighted by Gasteiger charge is -2.34. The van der Waals surface area contributed by atoms with Crippen molar-refractivity contribution in [1.29, 1.82) is 0 Å². The van der Waals surface area contributed by atoms with Gasteiger partial charge in [-0.1, -0.05) is 111 Å². The molecule has 0 fully saturated rings. The third-order valence-electron chi connectivity index (χ3n) is 5.63. The van der Waals surface area contributed by atoms with Crippen LogP contribution in [0.4, 0.5) is 0 Å².